The Morgan fingerprint density at radius 2 is 1.21 bits per heavy atom. The van der Waals surface area contributed by atoms with E-state index in [0.29, 0.717) is 30.1 Å². The van der Waals surface area contributed by atoms with Crippen LogP contribution in [0.25, 0.3) is 11.1 Å². The van der Waals surface area contributed by atoms with Gasteiger partial charge in [0.25, 0.3) is 0 Å². The average molecular weight is 557 g/mol. The van der Waals surface area contributed by atoms with Gasteiger partial charge in [-0.05, 0) is 65.6 Å². The molecule has 0 amide bonds. The topological polar surface area (TPSA) is 140 Å². The predicted octanol–water partition coefficient (Wildman–Crippen LogP) is 6.55. The number of nitriles is 4. The number of ether oxygens (including phenoxy) is 3. The number of carbonyl (C=O) groups excluding carboxylic acids is 1. The Morgan fingerprint density at radius 3 is 1.62 bits per heavy atom. The van der Waals surface area contributed by atoms with Crippen LogP contribution in [0.4, 0.5) is 0 Å². The maximum absolute atomic E-state index is 11.5. The van der Waals surface area contributed by atoms with Crippen molar-refractivity contribution in [1.29, 1.82) is 21.0 Å². The van der Waals surface area contributed by atoms with Gasteiger partial charge in [0.05, 0.1) is 20.3 Å². The summed E-state index contributed by atoms with van der Waals surface area (Å²) >= 11 is 0. The van der Waals surface area contributed by atoms with E-state index in [4.69, 9.17) is 35.3 Å². The highest BCUT2D eigenvalue weighted by Gasteiger charge is 2.09. The molecule has 0 unspecified atom stereocenters. The van der Waals surface area contributed by atoms with Crippen LogP contribution >= 0.6 is 0 Å². The average Bonchev–Trinajstić information content (AvgIpc) is 3.02. The fourth-order valence-electron chi connectivity index (χ4n) is 3.40. The van der Waals surface area contributed by atoms with Crippen molar-refractivity contribution in [2.24, 2.45) is 0 Å². The molecule has 0 aliphatic rings. The van der Waals surface area contributed by atoms with Crippen molar-refractivity contribution < 1.29 is 19.0 Å². The molecule has 42 heavy (non-hydrogen) atoms. The summed E-state index contributed by atoms with van der Waals surface area (Å²) < 4.78 is 16.2. The number of allylic oxidation sites excluding steroid dienone is 10. The van der Waals surface area contributed by atoms with Gasteiger partial charge in [0.1, 0.15) is 46.9 Å². The summed E-state index contributed by atoms with van der Waals surface area (Å²) in [5, 5.41) is 36.5. The predicted molar refractivity (Wildman–Crippen MR) is 159 cm³/mol. The summed E-state index contributed by atoms with van der Waals surface area (Å²) in [7, 11) is 1.57. The van der Waals surface area contributed by atoms with Gasteiger partial charge in [0, 0.05) is 12.0 Å². The van der Waals surface area contributed by atoms with Crippen molar-refractivity contribution in [3.05, 3.63) is 119 Å². The number of carbonyl (C=O) groups is 1. The fourth-order valence-corrected chi connectivity index (χ4v) is 3.40. The minimum atomic E-state index is -0.438. The molecule has 2 aromatic carbocycles. The highest BCUT2D eigenvalue weighted by atomic mass is 16.5. The van der Waals surface area contributed by atoms with E-state index in [1.807, 2.05) is 60.7 Å². The first-order chi connectivity index (χ1) is 20.4. The van der Waals surface area contributed by atoms with Gasteiger partial charge in [-0.2, -0.15) is 21.0 Å². The monoisotopic (exact) mass is 556 g/mol. The molecule has 0 aromatic heterocycles. The lowest BCUT2D eigenvalue weighted by Crippen LogP contribution is -2.09. The molecule has 0 saturated carbocycles. The van der Waals surface area contributed by atoms with E-state index in [2.05, 4.69) is 6.58 Å². The number of esters is 1. The molecule has 0 saturated heterocycles. The summed E-state index contributed by atoms with van der Waals surface area (Å²) in [6, 6.07) is 22.0. The molecular weight excluding hydrogens is 528 g/mol. The third kappa shape index (κ3) is 10.2. The fraction of sp³-hybridized carbons (Fsp3) is 0.147. The SMILES string of the molecule is C=C(C)C(=O)OCCCOc1ccc(C(/C=C/C=C(C#N)C#N)=C(\C=C\C=C(C#N)C#N)c2ccc(OC)cc2)cc1. The molecule has 0 spiro atoms. The Hall–Kier alpha value is -6.09. The van der Waals surface area contributed by atoms with Gasteiger partial charge in [-0.15, -0.1) is 0 Å². The molecule has 0 heterocycles. The van der Waals surface area contributed by atoms with E-state index in [0.717, 1.165) is 22.3 Å². The number of benzene rings is 2. The van der Waals surface area contributed by atoms with Gasteiger partial charge < -0.3 is 14.2 Å². The van der Waals surface area contributed by atoms with E-state index in [1.165, 1.54) is 12.2 Å². The molecule has 208 valence electrons. The van der Waals surface area contributed by atoms with Crippen molar-refractivity contribution in [2.45, 2.75) is 13.3 Å². The van der Waals surface area contributed by atoms with Crippen molar-refractivity contribution >= 4 is 17.1 Å². The van der Waals surface area contributed by atoms with Gasteiger partial charge in [0.2, 0.25) is 0 Å². The zero-order valence-electron chi connectivity index (χ0n) is 23.3. The zero-order chi connectivity index (χ0) is 30.7. The molecule has 8 heteroatoms. The van der Waals surface area contributed by atoms with E-state index < -0.39 is 5.97 Å². The van der Waals surface area contributed by atoms with Gasteiger partial charge in [-0.25, -0.2) is 4.79 Å². The van der Waals surface area contributed by atoms with Crippen LogP contribution in [0.3, 0.4) is 0 Å². The quantitative estimate of drug-likeness (QED) is 0.0675. The van der Waals surface area contributed by atoms with Gasteiger partial charge in [-0.3, -0.25) is 0 Å². The highest BCUT2D eigenvalue weighted by Crippen LogP contribution is 2.31. The lowest BCUT2D eigenvalue weighted by molar-refractivity contribution is -0.139. The normalized spacial score (nSPS) is 10.7. The van der Waals surface area contributed by atoms with Crippen LogP contribution in [0.15, 0.2) is 108 Å². The lowest BCUT2D eigenvalue weighted by atomic mass is 9.93. The summed E-state index contributed by atoms with van der Waals surface area (Å²) in [6.45, 7) is 5.69. The molecule has 0 bridgehead atoms. The molecule has 8 nitrogen and oxygen atoms in total. The van der Waals surface area contributed by atoms with E-state index >= 15 is 0 Å². The van der Waals surface area contributed by atoms with Crippen LogP contribution < -0.4 is 9.47 Å². The maximum Gasteiger partial charge on any atom is 0.333 e. The second-order valence-electron chi connectivity index (χ2n) is 8.52. The molecule has 0 aliphatic carbocycles. The van der Waals surface area contributed by atoms with Crippen LogP contribution in [-0.2, 0) is 9.53 Å². The summed E-state index contributed by atoms with van der Waals surface area (Å²) in [5.41, 5.74) is 3.29. The largest absolute Gasteiger partial charge is 0.497 e. The highest BCUT2D eigenvalue weighted by molar-refractivity contribution is 6.00. The Balaban J connectivity index is 2.52. The molecule has 0 N–H and O–H groups in total. The van der Waals surface area contributed by atoms with Crippen LogP contribution in [0.5, 0.6) is 11.5 Å². The van der Waals surface area contributed by atoms with Crippen LogP contribution in [0, 0.1) is 45.3 Å². The molecule has 0 radical (unpaired) electrons. The molecule has 2 rings (SSSR count). The molecule has 0 fully saturated rings. The van der Waals surface area contributed by atoms with Gasteiger partial charge in [0.15, 0.2) is 0 Å². The second kappa shape index (κ2) is 17.5. The standard InChI is InChI=1S/C34H28N4O4/c1-25(2)34(39)42-20-6-19-41-31-17-13-29(14-18-31)33(10-5-8-27(23-37)24-38)32(9-4-7-26(21-35)22-36)28-11-15-30(40-3)16-12-28/h4-5,7-18H,1,6,19-20H2,2-3H3/b9-4+,10-5+,33-32+. The van der Waals surface area contributed by atoms with Crippen molar-refractivity contribution in [3.8, 4) is 35.8 Å². The Labute approximate surface area is 245 Å². The van der Waals surface area contributed by atoms with Crippen molar-refractivity contribution in [3.63, 3.8) is 0 Å². The summed E-state index contributed by atoms with van der Waals surface area (Å²) in [5.74, 6) is 0.843. The Bertz CT molecular complexity index is 1560. The zero-order valence-corrected chi connectivity index (χ0v) is 23.3. The smallest absolute Gasteiger partial charge is 0.333 e. The van der Waals surface area contributed by atoms with Crippen LogP contribution in [0.2, 0.25) is 0 Å². The summed E-state index contributed by atoms with van der Waals surface area (Å²) in [4.78, 5) is 11.5. The van der Waals surface area contributed by atoms with Crippen LogP contribution in [0.1, 0.15) is 24.5 Å². The molecule has 0 aliphatic heterocycles. The van der Waals surface area contributed by atoms with Gasteiger partial charge >= 0.3 is 5.97 Å². The Morgan fingerprint density at radius 1 is 0.762 bits per heavy atom. The number of rotatable bonds is 13. The number of hydrogen-bond acceptors (Lipinski definition) is 8. The number of hydrogen-bond donors (Lipinski definition) is 0. The third-order valence-electron chi connectivity index (χ3n) is 5.53. The van der Waals surface area contributed by atoms with E-state index in [9.17, 15) is 4.79 Å². The number of methoxy groups -OCH3 is 1. The van der Waals surface area contributed by atoms with Crippen molar-refractivity contribution in [2.75, 3.05) is 20.3 Å². The minimum Gasteiger partial charge on any atom is -0.497 e. The second-order valence-corrected chi connectivity index (χ2v) is 8.52. The molecule has 0 atom stereocenters. The lowest BCUT2D eigenvalue weighted by Gasteiger charge is -2.13. The first kappa shape index (κ1) is 32.1. The maximum atomic E-state index is 11.5. The molecule has 2 aromatic rings. The van der Waals surface area contributed by atoms with Crippen LogP contribution in [-0.4, -0.2) is 26.3 Å². The number of nitrogens with zero attached hydrogens (tertiary/aromatic N) is 4. The summed E-state index contributed by atoms with van der Waals surface area (Å²) in [6.07, 6.45) is 10.1. The van der Waals surface area contributed by atoms with E-state index in [1.54, 1.807) is 50.5 Å². The minimum absolute atomic E-state index is 0.0519. The van der Waals surface area contributed by atoms with E-state index in [-0.39, 0.29) is 17.8 Å². The van der Waals surface area contributed by atoms with Gasteiger partial charge in [-0.1, -0.05) is 55.1 Å². The Kier molecular flexibility index (Phi) is 13.4. The molecular formula is C34H28N4O4. The third-order valence-corrected chi connectivity index (χ3v) is 5.53. The first-order valence-electron chi connectivity index (χ1n) is 12.7. The first-order valence-corrected chi connectivity index (χ1v) is 12.7. The van der Waals surface area contributed by atoms with Crippen molar-refractivity contribution in [1.82, 2.24) is 0 Å².